The summed E-state index contributed by atoms with van der Waals surface area (Å²) in [6.07, 6.45) is -4.55. The Balaban J connectivity index is 3.67. The van der Waals surface area contributed by atoms with Gasteiger partial charge in [0, 0.05) is 6.66 Å². The van der Waals surface area contributed by atoms with Gasteiger partial charge in [-0.1, -0.05) is 0 Å². The van der Waals surface area contributed by atoms with Crippen molar-refractivity contribution in [3.8, 4) is 0 Å². The molecule has 1 atom stereocenters. The van der Waals surface area contributed by atoms with Crippen LogP contribution in [0.5, 0.6) is 0 Å². The van der Waals surface area contributed by atoms with Crippen LogP contribution in [-0.4, -0.2) is 24.3 Å². The number of hydrogen-bond donors (Lipinski definition) is 1. The number of hydrogen-bond acceptors (Lipinski definition) is 2. The highest BCUT2D eigenvalue weighted by atomic mass is 31.2. The van der Waals surface area contributed by atoms with Gasteiger partial charge in [-0.15, -0.1) is 0 Å². The molecule has 7 heteroatoms. The van der Waals surface area contributed by atoms with Crippen LogP contribution in [0.15, 0.2) is 0 Å². The predicted octanol–water partition coefficient (Wildman–Crippen LogP) is 1.38. The zero-order valence-electron chi connectivity index (χ0n) is 5.05. The van der Waals surface area contributed by atoms with E-state index in [9.17, 15) is 17.7 Å². The van der Waals surface area contributed by atoms with Gasteiger partial charge in [0.1, 0.15) is 0 Å². The molecule has 0 saturated heterocycles. The van der Waals surface area contributed by atoms with E-state index >= 15 is 0 Å². The van der Waals surface area contributed by atoms with Gasteiger partial charge in [-0.3, -0.25) is 9.09 Å². The summed E-state index contributed by atoms with van der Waals surface area (Å²) in [5.41, 5.74) is 0. The van der Waals surface area contributed by atoms with Gasteiger partial charge >= 0.3 is 13.8 Å². The van der Waals surface area contributed by atoms with Crippen LogP contribution < -0.4 is 0 Å². The Hall–Kier alpha value is -0.0600. The fourth-order valence-corrected chi connectivity index (χ4v) is 0.579. The zero-order chi connectivity index (χ0) is 8.41. The number of halogens is 3. The molecule has 1 N–H and O–H groups in total. The van der Waals surface area contributed by atoms with E-state index in [0.29, 0.717) is 6.66 Å². The second kappa shape index (κ2) is 2.90. The van der Waals surface area contributed by atoms with Crippen LogP contribution >= 0.6 is 7.60 Å². The molecule has 0 aromatic rings. The Labute approximate surface area is 55.3 Å². The highest BCUT2D eigenvalue weighted by Crippen LogP contribution is 2.38. The maximum atomic E-state index is 11.2. The molecule has 3 nitrogen and oxygen atoms in total. The van der Waals surface area contributed by atoms with Crippen molar-refractivity contribution in [1.82, 2.24) is 0 Å². The molecule has 1 unspecified atom stereocenters. The van der Waals surface area contributed by atoms with Crippen molar-refractivity contribution >= 4 is 7.60 Å². The summed E-state index contributed by atoms with van der Waals surface area (Å²) in [7, 11) is -3.98. The van der Waals surface area contributed by atoms with Crippen molar-refractivity contribution in [2.24, 2.45) is 0 Å². The zero-order valence-corrected chi connectivity index (χ0v) is 5.95. The number of alkyl halides is 3. The summed E-state index contributed by atoms with van der Waals surface area (Å²) in [5, 5.41) is 0. The Kier molecular flexibility index (Phi) is 2.88. The maximum absolute atomic E-state index is 11.2. The SMILES string of the molecule is CP(=O)(O)OCC(F)(F)F. The monoisotopic (exact) mass is 178 g/mol. The minimum atomic E-state index is -4.55. The lowest BCUT2D eigenvalue weighted by atomic mass is 10.7. The molecule has 62 valence electrons. The van der Waals surface area contributed by atoms with Gasteiger partial charge in [-0.25, -0.2) is 0 Å². The summed E-state index contributed by atoms with van der Waals surface area (Å²) < 4.78 is 47.4. The van der Waals surface area contributed by atoms with Crippen LogP contribution in [-0.2, 0) is 9.09 Å². The summed E-state index contributed by atoms with van der Waals surface area (Å²) in [4.78, 5) is 8.21. The molecule has 0 fully saturated rings. The quantitative estimate of drug-likeness (QED) is 0.649. The van der Waals surface area contributed by atoms with Gasteiger partial charge in [0.2, 0.25) is 0 Å². The average Bonchev–Trinajstić information content (AvgIpc) is 1.57. The molecular formula is C3H6F3O3P. The first kappa shape index (κ1) is 9.94. The van der Waals surface area contributed by atoms with Crippen LogP contribution in [0, 0.1) is 0 Å². The maximum Gasteiger partial charge on any atom is 0.412 e. The fraction of sp³-hybridized carbons (Fsp3) is 1.00. The van der Waals surface area contributed by atoms with E-state index in [0.717, 1.165) is 0 Å². The molecule has 0 radical (unpaired) electrons. The minimum Gasteiger partial charge on any atom is -0.324 e. The fourth-order valence-electron chi connectivity index (χ4n) is 0.193. The smallest absolute Gasteiger partial charge is 0.324 e. The van der Waals surface area contributed by atoms with Crippen molar-refractivity contribution in [2.45, 2.75) is 6.18 Å². The van der Waals surface area contributed by atoms with Crippen LogP contribution in [0.2, 0.25) is 0 Å². The molecule has 0 aliphatic heterocycles. The molecule has 0 spiro atoms. The predicted molar refractivity (Wildman–Crippen MR) is 27.8 cm³/mol. The lowest BCUT2D eigenvalue weighted by molar-refractivity contribution is -0.154. The standard InChI is InChI=1S/C3H6F3O3P/c1-10(7,8)9-2-3(4,5)6/h2H2,1H3,(H,7,8). The van der Waals surface area contributed by atoms with E-state index in [1.165, 1.54) is 0 Å². The van der Waals surface area contributed by atoms with E-state index in [1.807, 2.05) is 0 Å². The highest BCUT2D eigenvalue weighted by molar-refractivity contribution is 7.51. The molecule has 0 amide bonds. The minimum absolute atomic E-state index is 0.693. The Morgan fingerprint density at radius 2 is 2.00 bits per heavy atom. The van der Waals surface area contributed by atoms with E-state index in [-0.39, 0.29) is 0 Å². The summed E-state index contributed by atoms with van der Waals surface area (Å²) in [6.45, 7) is -0.990. The third kappa shape index (κ3) is 7.94. The molecule has 0 aliphatic rings. The summed E-state index contributed by atoms with van der Waals surface area (Å²) in [5.74, 6) is 0. The normalized spacial score (nSPS) is 18.5. The van der Waals surface area contributed by atoms with Gasteiger partial charge < -0.3 is 4.89 Å². The number of rotatable bonds is 2. The molecular weight excluding hydrogens is 172 g/mol. The van der Waals surface area contributed by atoms with E-state index < -0.39 is 20.4 Å². The molecule has 10 heavy (non-hydrogen) atoms. The van der Waals surface area contributed by atoms with Gasteiger partial charge in [-0.05, 0) is 0 Å². The molecule has 0 rings (SSSR count). The topological polar surface area (TPSA) is 46.5 Å². The molecule has 0 heterocycles. The van der Waals surface area contributed by atoms with Crippen LogP contribution in [0.4, 0.5) is 13.2 Å². The first-order chi connectivity index (χ1) is 4.21. The van der Waals surface area contributed by atoms with Gasteiger partial charge in [0.15, 0.2) is 6.61 Å². The molecule has 0 aliphatic carbocycles. The molecule has 0 aromatic carbocycles. The molecule has 0 aromatic heterocycles. The third-order valence-electron chi connectivity index (χ3n) is 0.468. The first-order valence-electron chi connectivity index (χ1n) is 2.22. The van der Waals surface area contributed by atoms with Crippen molar-refractivity contribution in [1.29, 1.82) is 0 Å². The second-order valence-electron chi connectivity index (χ2n) is 1.69. The van der Waals surface area contributed by atoms with E-state index in [4.69, 9.17) is 4.89 Å². The highest BCUT2D eigenvalue weighted by Gasteiger charge is 2.30. The lowest BCUT2D eigenvalue weighted by Gasteiger charge is -2.08. The van der Waals surface area contributed by atoms with Crippen LogP contribution in [0.3, 0.4) is 0 Å². The van der Waals surface area contributed by atoms with Crippen molar-refractivity contribution in [2.75, 3.05) is 13.3 Å². The molecule has 0 bridgehead atoms. The lowest BCUT2D eigenvalue weighted by Crippen LogP contribution is -2.15. The average molecular weight is 178 g/mol. The third-order valence-corrected chi connectivity index (χ3v) is 1.08. The van der Waals surface area contributed by atoms with Gasteiger partial charge in [-0.2, -0.15) is 13.2 Å². The van der Waals surface area contributed by atoms with Crippen molar-refractivity contribution in [3.05, 3.63) is 0 Å². The largest absolute Gasteiger partial charge is 0.412 e. The molecule has 0 saturated carbocycles. The van der Waals surface area contributed by atoms with Crippen LogP contribution in [0.25, 0.3) is 0 Å². The van der Waals surface area contributed by atoms with Crippen molar-refractivity contribution < 1.29 is 27.2 Å². The van der Waals surface area contributed by atoms with Gasteiger partial charge in [0.25, 0.3) is 0 Å². The Bertz CT molecular complexity index is 148. The Morgan fingerprint density at radius 1 is 1.60 bits per heavy atom. The first-order valence-corrected chi connectivity index (χ1v) is 4.25. The Morgan fingerprint density at radius 3 is 2.10 bits per heavy atom. The van der Waals surface area contributed by atoms with Crippen LogP contribution in [0.1, 0.15) is 0 Å². The summed E-state index contributed by atoms with van der Waals surface area (Å²) in [6, 6.07) is 0. The van der Waals surface area contributed by atoms with E-state index in [2.05, 4.69) is 4.52 Å². The summed E-state index contributed by atoms with van der Waals surface area (Å²) >= 11 is 0. The van der Waals surface area contributed by atoms with Crippen molar-refractivity contribution in [3.63, 3.8) is 0 Å². The van der Waals surface area contributed by atoms with Gasteiger partial charge in [0.05, 0.1) is 0 Å². The second-order valence-corrected chi connectivity index (χ2v) is 3.56. The van der Waals surface area contributed by atoms with E-state index in [1.54, 1.807) is 0 Å².